The number of carbonyl (C=O) groups is 1. The average molecular weight is 282 g/mol. The molecule has 104 valence electrons. The van der Waals surface area contributed by atoms with E-state index in [1.54, 1.807) is 6.07 Å². The Hall–Kier alpha value is -1.26. The number of anilines is 2. The number of piperidine rings is 1. The topological polar surface area (TPSA) is 44.4 Å². The van der Waals surface area contributed by atoms with E-state index in [1.165, 1.54) is 0 Å². The van der Waals surface area contributed by atoms with Crippen molar-refractivity contribution in [2.45, 2.75) is 25.3 Å². The summed E-state index contributed by atoms with van der Waals surface area (Å²) in [6.45, 7) is 0.915. The molecule has 2 N–H and O–H groups in total. The van der Waals surface area contributed by atoms with Gasteiger partial charge in [-0.25, -0.2) is 0 Å². The molecule has 1 aromatic carbocycles. The largest absolute Gasteiger partial charge is 0.376 e. The molecule has 19 heavy (non-hydrogen) atoms. The van der Waals surface area contributed by atoms with E-state index in [2.05, 4.69) is 10.6 Å². The van der Waals surface area contributed by atoms with Gasteiger partial charge in [0, 0.05) is 19.8 Å². The quantitative estimate of drug-likeness (QED) is 0.895. The smallest absolute Gasteiger partial charge is 0.241 e. The summed E-state index contributed by atoms with van der Waals surface area (Å²) >= 11 is 6.19. The lowest BCUT2D eigenvalue weighted by Gasteiger charge is -2.23. The van der Waals surface area contributed by atoms with Gasteiger partial charge in [-0.15, -0.1) is 0 Å². The fourth-order valence-corrected chi connectivity index (χ4v) is 2.60. The van der Waals surface area contributed by atoms with Gasteiger partial charge in [0.15, 0.2) is 0 Å². The van der Waals surface area contributed by atoms with E-state index in [4.69, 9.17) is 11.6 Å². The molecule has 0 aromatic heterocycles. The molecule has 5 heteroatoms. The number of benzene rings is 1. The second-order valence-electron chi connectivity index (χ2n) is 5.05. The monoisotopic (exact) mass is 281 g/mol. The molecular formula is C14H20ClN3O. The van der Waals surface area contributed by atoms with Crippen LogP contribution in [0.3, 0.4) is 0 Å². The van der Waals surface area contributed by atoms with Crippen molar-refractivity contribution in [3.8, 4) is 0 Å². The molecule has 1 aliphatic rings. The maximum atomic E-state index is 12.1. The second kappa shape index (κ2) is 6.26. The van der Waals surface area contributed by atoms with Crippen LogP contribution in [0.25, 0.3) is 0 Å². The Morgan fingerprint density at radius 2 is 2.21 bits per heavy atom. The first-order chi connectivity index (χ1) is 9.08. The number of hydrogen-bond acceptors (Lipinski definition) is 3. The highest BCUT2D eigenvalue weighted by Gasteiger charge is 2.20. The number of nitrogens with one attached hydrogen (secondary N) is 2. The first-order valence-electron chi connectivity index (χ1n) is 6.59. The van der Waals surface area contributed by atoms with E-state index in [0.717, 1.165) is 37.2 Å². The van der Waals surface area contributed by atoms with E-state index >= 15 is 0 Å². The Labute approximate surface area is 119 Å². The number of amides is 1. The molecule has 0 aliphatic carbocycles. The highest BCUT2D eigenvalue weighted by Crippen LogP contribution is 2.27. The molecule has 1 aromatic rings. The molecule has 0 radical (unpaired) electrons. The molecule has 4 nitrogen and oxygen atoms in total. The van der Waals surface area contributed by atoms with Crippen LogP contribution in [-0.4, -0.2) is 32.6 Å². The molecule has 0 unspecified atom stereocenters. The number of carbonyl (C=O) groups excluding carboxylic acids is 1. The van der Waals surface area contributed by atoms with Gasteiger partial charge in [-0.05, 0) is 37.6 Å². The fourth-order valence-electron chi connectivity index (χ4n) is 2.25. The van der Waals surface area contributed by atoms with Crippen LogP contribution in [0.1, 0.15) is 19.3 Å². The van der Waals surface area contributed by atoms with Gasteiger partial charge in [0.1, 0.15) is 0 Å². The van der Waals surface area contributed by atoms with Crippen LogP contribution in [0.15, 0.2) is 18.2 Å². The summed E-state index contributed by atoms with van der Waals surface area (Å²) in [7, 11) is 3.87. The van der Waals surface area contributed by atoms with E-state index in [1.807, 2.05) is 31.1 Å². The number of hydrogen-bond donors (Lipinski definition) is 2. The highest BCUT2D eigenvalue weighted by molar-refractivity contribution is 6.33. The summed E-state index contributed by atoms with van der Waals surface area (Å²) in [5.74, 6) is 0.0216. The molecule has 1 amide bonds. The molecule has 1 atom stereocenters. The van der Waals surface area contributed by atoms with Crippen LogP contribution < -0.4 is 15.5 Å². The predicted octanol–water partition coefficient (Wildman–Crippen LogP) is 2.49. The first kappa shape index (κ1) is 14.2. The van der Waals surface area contributed by atoms with Crippen LogP contribution in [0, 0.1) is 0 Å². The number of halogens is 1. The lowest BCUT2D eigenvalue weighted by Crippen LogP contribution is -2.43. The SMILES string of the molecule is CN(C)c1ccc(NC(=O)[C@@H]2CCCCN2)cc1Cl. The van der Waals surface area contributed by atoms with Gasteiger partial charge in [0.25, 0.3) is 0 Å². The average Bonchev–Trinajstić information content (AvgIpc) is 2.39. The summed E-state index contributed by atoms with van der Waals surface area (Å²) in [5, 5.41) is 6.78. The third kappa shape index (κ3) is 3.61. The fraction of sp³-hybridized carbons (Fsp3) is 0.500. The van der Waals surface area contributed by atoms with Crippen molar-refractivity contribution < 1.29 is 4.79 Å². The van der Waals surface area contributed by atoms with Gasteiger partial charge in [-0.2, -0.15) is 0 Å². The Morgan fingerprint density at radius 1 is 1.42 bits per heavy atom. The van der Waals surface area contributed by atoms with Gasteiger partial charge in [0.2, 0.25) is 5.91 Å². The van der Waals surface area contributed by atoms with E-state index in [-0.39, 0.29) is 11.9 Å². The first-order valence-corrected chi connectivity index (χ1v) is 6.97. The van der Waals surface area contributed by atoms with Crippen molar-refractivity contribution in [2.24, 2.45) is 0 Å². The van der Waals surface area contributed by atoms with Crippen LogP contribution in [-0.2, 0) is 4.79 Å². The molecule has 0 spiro atoms. The normalized spacial score (nSPS) is 19.0. The highest BCUT2D eigenvalue weighted by atomic mass is 35.5. The summed E-state index contributed by atoms with van der Waals surface area (Å²) in [4.78, 5) is 14.0. The zero-order chi connectivity index (χ0) is 13.8. The Balaban J connectivity index is 2.02. The van der Waals surface area contributed by atoms with Gasteiger partial charge in [-0.3, -0.25) is 4.79 Å². The van der Waals surface area contributed by atoms with Crippen LogP contribution in [0.2, 0.25) is 5.02 Å². The molecule has 1 saturated heterocycles. The predicted molar refractivity (Wildman–Crippen MR) is 80.1 cm³/mol. The van der Waals surface area contributed by atoms with Crippen molar-refractivity contribution in [1.82, 2.24) is 5.32 Å². The minimum absolute atomic E-state index is 0.0216. The van der Waals surface area contributed by atoms with E-state index < -0.39 is 0 Å². The molecule has 2 rings (SSSR count). The summed E-state index contributed by atoms with van der Waals surface area (Å²) in [6.07, 6.45) is 3.15. The van der Waals surface area contributed by atoms with Crippen molar-refractivity contribution in [3.05, 3.63) is 23.2 Å². The van der Waals surface area contributed by atoms with Crippen LogP contribution in [0.5, 0.6) is 0 Å². The third-order valence-electron chi connectivity index (χ3n) is 3.32. The molecule has 1 aliphatic heterocycles. The van der Waals surface area contributed by atoms with Crippen LogP contribution in [0.4, 0.5) is 11.4 Å². The summed E-state index contributed by atoms with van der Waals surface area (Å²) in [6, 6.07) is 5.49. The van der Waals surface area contributed by atoms with Crippen LogP contribution >= 0.6 is 11.6 Å². The lowest BCUT2D eigenvalue weighted by molar-refractivity contribution is -0.118. The summed E-state index contributed by atoms with van der Waals surface area (Å²) in [5.41, 5.74) is 1.68. The zero-order valence-corrected chi connectivity index (χ0v) is 12.1. The molecule has 0 bridgehead atoms. The third-order valence-corrected chi connectivity index (χ3v) is 3.63. The molecule has 1 fully saturated rings. The minimum Gasteiger partial charge on any atom is -0.376 e. The molecule has 0 saturated carbocycles. The number of nitrogens with zero attached hydrogens (tertiary/aromatic N) is 1. The van der Waals surface area contributed by atoms with E-state index in [0.29, 0.717) is 5.02 Å². The van der Waals surface area contributed by atoms with Crippen molar-refractivity contribution in [1.29, 1.82) is 0 Å². The standard InChI is InChI=1S/C14H20ClN3O/c1-18(2)13-7-6-10(9-11(13)15)17-14(19)12-5-3-4-8-16-12/h6-7,9,12,16H,3-5,8H2,1-2H3,(H,17,19)/t12-/m0/s1. The van der Waals surface area contributed by atoms with Gasteiger partial charge in [-0.1, -0.05) is 18.0 Å². The lowest BCUT2D eigenvalue weighted by atomic mass is 10.0. The van der Waals surface area contributed by atoms with Crippen molar-refractivity contribution in [2.75, 3.05) is 30.9 Å². The maximum absolute atomic E-state index is 12.1. The van der Waals surface area contributed by atoms with E-state index in [9.17, 15) is 4.79 Å². The minimum atomic E-state index is -0.0824. The maximum Gasteiger partial charge on any atom is 0.241 e. The second-order valence-corrected chi connectivity index (χ2v) is 5.46. The Bertz CT molecular complexity index is 456. The van der Waals surface area contributed by atoms with Gasteiger partial charge >= 0.3 is 0 Å². The Morgan fingerprint density at radius 3 is 2.79 bits per heavy atom. The van der Waals surface area contributed by atoms with Crippen molar-refractivity contribution in [3.63, 3.8) is 0 Å². The van der Waals surface area contributed by atoms with Gasteiger partial charge in [0.05, 0.1) is 16.8 Å². The molecule has 1 heterocycles. The zero-order valence-electron chi connectivity index (χ0n) is 11.4. The van der Waals surface area contributed by atoms with Gasteiger partial charge < -0.3 is 15.5 Å². The molecular weight excluding hydrogens is 262 g/mol. The van der Waals surface area contributed by atoms with Crippen molar-refractivity contribution >= 4 is 28.9 Å². The Kier molecular flexibility index (Phi) is 4.66. The number of rotatable bonds is 3. The summed E-state index contributed by atoms with van der Waals surface area (Å²) < 4.78 is 0.